The Morgan fingerprint density at radius 1 is 1.29 bits per heavy atom. The van der Waals surface area contributed by atoms with Gasteiger partial charge in [0.1, 0.15) is 0 Å². The van der Waals surface area contributed by atoms with Gasteiger partial charge in [-0.1, -0.05) is 13.8 Å². The molecule has 0 aliphatic carbocycles. The Labute approximate surface area is 132 Å². The Bertz CT molecular complexity index is 499. The molecule has 0 N–H and O–H groups in total. The van der Waals surface area contributed by atoms with E-state index in [4.69, 9.17) is 9.47 Å². The van der Waals surface area contributed by atoms with Crippen molar-refractivity contribution in [2.24, 2.45) is 5.92 Å². The topological polar surface area (TPSA) is 70.4 Å². The monoisotopic (exact) mass is 360 g/mol. The van der Waals surface area contributed by atoms with E-state index in [1.807, 2.05) is 13.8 Å². The van der Waals surface area contributed by atoms with Gasteiger partial charge in [-0.15, -0.1) is 0 Å². The van der Waals surface area contributed by atoms with E-state index in [1.54, 1.807) is 24.7 Å². The van der Waals surface area contributed by atoms with Gasteiger partial charge in [0.15, 0.2) is 6.04 Å². The van der Waals surface area contributed by atoms with E-state index in [-0.39, 0.29) is 24.3 Å². The predicted octanol–water partition coefficient (Wildman–Crippen LogP) is 2.51. The lowest BCUT2D eigenvalue weighted by Gasteiger charge is -2.19. The molecule has 1 aromatic heterocycles. The summed E-state index contributed by atoms with van der Waals surface area (Å²) < 4.78 is 12.2. The molecule has 21 heavy (non-hydrogen) atoms. The minimum Gasteiger partial charge on any atom is -0.466 e. The zero-order chi connectivity index (χ0) is 16.0. The van der Waals surface area contributed by atoms with E-state index in [1.165, 1.54) is 0 Å². The fraction of sp³-hybridized carbons (Fsp3) is 0.643. The van der Waals surface area contributed by atoms with Crippen LogP contribution >= 0.6 is 15.9 Å². The molecule has 0 aliphatic rings. The number of nitrogens with zero attached hydrogens (tertiary/aromatic N) is 2. The predicted molar refractivity (Wildman–Crippen MR) is 80.8 cm³/mol. The van der Waals surface area contributed by atoms with Crippen molar-refractivity contribution in [3.05, 3.63) is 16.4 Å². The second-order valence-electron chi connectivity index (χ2n) is 4.83. The van der Waals surface area contributed by atoms with Gasteiger partial charge in [0.05, 0.1) is 29.8 Å². The third-order valence-electron chi connectivity index (χ3n) is 2.82. The third-order valence-corrected chi connectivity index (χ3v) is 3.48. The van der Waals surface area contributed by atoms with Gasteiger partial charge in [-0.2, -0.15) is 5.10 Å². The molecule has 0 saturated heterocycles. The van der Waals surface area contributed by atoms with Gasteiger partial charge in [0, 0.05) is 6.20 Å². The van der Waals surface area contributed by atoms with Crippen LogP contribution < -0.4 is 0 Å². The lowest BCUT2D eigenvalue weighted by Crippen LogP contribution is -2.27. The van der Waals surface area contributed by atoms with Crippen LogP contribution in [-0.4, -0.2) is 34.9 Å². The molecule has 1 atom stereocenters. The van der Waals surface area contributed by atoms with Gasteiger partial charge < -0.3 is 9.47 Å². The van der Waals surface area contributed by atoms with Gasteiger partial charge in [-0.25, -0.2) is 4.79 Å². The number of halogens is 1. The molecule has 0 bridgehead atoms. The van der Waals surface area contributed by atoms with Crippen molar-refractivity contribution >= 4 is 27.9 Å². The van der Waals surface area contributed by atoms with Crippen LogP contribution in [0.4, 0.5) is 0 Å². The smallest absolute Gasteiger partial charge is 0.331 e. The molecule has 1 heterocycles. The van der Waals surface area contributed by atoms with Crippen LogP contribution in [0.2, 0.25) is 0 Å². The summed E-state index contributed by atoms with van der Waals surface area (Å²) >= 11 is 3.36. The third kappa shape index (κ3) is 4.84. The molecule has 0 saturated carbocycles. The first-order valence-electron chi connectivity index (χ1n) is 6.96. The molecule has 0 aliphatic heterocycles. The summed E-state index contributed by atoms with van der Waals surface area (Å²) in [6, 6.07) is -0.516. The van der Waals surface area contributed by atoms with Gasteiger partial charge in [0.2, 0.25) is 0 Å². The maximum Gasteiger partial charge on any atom is 0.331 e. The molecule has 1 unspecified atom stereocenters. The number of aromatic nitrogens is 2. The number of esters is 2. The van der Waals surface area contributed by atoms with Crippen LogP contribution in [0, 0.1) is 5.92 Å². The van der Waals surface area contributed by atoms with Crippen molar-refractivity contribution in [1.29, 1.82) is 0 Å². The molecule has 0 aromatic carbocycles. The first-order chi connectivity index (χ1) is 9.90. The Morgan fingerprint density at radius 3 is 2.43 bits per heavy atom. The molecule has 0 radical (unpaired) electrons. The van der Waals surface area contributed by atoms with Gasteiger partial charge in [-0.3, -0.25) is 9.48 Å². The fourth-order valence-corrected chi connectivity index (χ4v) is 2.36. The minimum atomic E-state index is -0.516. The van der Waals surface area contributed by atoms with E-state index in [0.717, 1.165) is 0 Å². The summed E-state index contributed by atoms with van der Waals surface area (Å²) in [5.74, 6) is -0.655. The molecule has 1 rings (SSSR count). The molecular weight excluding hydrogens is 340 g/mol. The van der Waals surface area contributed by atoms with E-state index in [9.17, 15) is 9.59 Å². The highest BCUT2D eigenvalue weighted by molar-refractivity contribution is 9.10. The zero-order valence-electron chi connectivity index (χ0n) is 12.8. The van der Waals surface area contributed by atoms with Crippen LogP contribution in [-0.2, 0) is 25.5 Å². The molecule has 0 fully saturated rings. The van der Waals surface area contributed by atoms with Crippen molar-refractivity contribution in [3.63, 3.8) is 0 Å². The maximum absolute atomic E-state index is 12.0. The standard InChI is InChI=1S/C14H21BrN2O4/c1-5-20-12(18)7-11-10(15)8-17(16-11)13(9(3)4)14(19)21-6-2/h8-9,13H,5-7H2,1-4H3. The van der Waals surface area contributed by atoms with Crippen molar-refractivity contribution in [2.45, 2.75) is 40.2 Å². The summed E-state index contributed by atoms with van der Waals surface area (Å²) in [6.07, 6.45) is 1.76. The number of carbonyl (C=O) groups is 2. The number of ether oxygens (including phenoxy) is 2. The largest absolute Gasteiger partial charge is 0.466 e. The van der Waals surface area contributed by atoms with E-state index < -0.39 is 6.04 Å². The van der Waals surface area contributed by atoms with Crippen molar-refractivity contribution < 1.29 is 19.1 Å². The van der Waals surface area contributed by atoms with Crippen LogP contribution in [0.5, 0.6) is 0 Å². The van der Waals surface area contributed by atoms with Crippen LogP contribution in [0.15, 0.2) is 10.7 Å². The van der Waals surface area contributed by atoms with Crippen molar-refractivity contribution in [2.75, 3.05) is 13.2 Å². The van der Waals surface area contributed by atoms with Crippen LogP contribution in [0.1, 0.15) is 39.4 Å². The Kier molecular flexibility index (Phi) is 6.87. The van der Waals surface area contributed by atoms with E-state index >= 15 is 0 Å². The Morgan fingerprint density at radius 2 is 1.90 bits per heavy atom. The summed E-state index contributed by atoms with van der Waals surface area (Å²) in [4.78, 5) is 23.6. The first kappa shape index (κ1) is 17.7. The highest BCUT2D eigenvalue weighted by Crippen LogP contribution is 2.24. The summed E-state index contributed by atoms with van der Waals surface area (Å²) in [6.45, 7) is 8.00. The van der Waals surface area contributed by atoms with Crippen molar-refractivity contribution in [1.82, 2.24) is 9.78 Å². The summed E-state index contributed by atoms with van der Waals surface area (Å²) in [5, 5.41) is 4.33. The first-order valence-corrected chi connectivity index (χ1v) is 7.75. The molecular formula is C14H21BrN2O4. The lowest BCUT2D eigenvalue weighted by molar-refractivity contribution is -0.149. The number of hydrogen-bond acceptors (Lipinski definition) is 5. The van der Waals surface area contributed by atoms with Gasteiger partial charge in [-0.05, 0) is 35.7 Å². The quantitative estimate of drug-likeness (QED) is 0.698. The molecule has 6 nitrogen and oxygen atoms in total. The number of rotatable bonds is 7. The fourth-order valence-electron chi connectivity index (χ4n) is 1.93. The minimum absolute atomic E-state index is 0.0197. The Hall–Kier alpha value is -1.37. The molecule has 118 valence electrons. The lowest BCUT2D eigenvalue weighted by atomic mass is 10.1. The SMILES string of the molecule is CCOC(=O)Cc1nn(C(C(=O)OCC)C(C)C)cc1Br. The van der Waals surface area contributed by atoms with E-state index in [2.05, 4.69) is 21.0 Å². The molecule has 1 aromatic rings. The highest BCUT2D eigenvalue weighted by atomic mass is 79.9. The summed E-state index contributed by atoms with van der Waals surface area (Å²) in [7, 11) is 0. The van der Waals surface area contributed by atoms with E-state index in [0.29, 0.717) is 23.4 Å². The Balaban J connectivity index is 2.96. The molecule has 0 spiro atoms. The average molecular weight is 361 g/mol. The molecule has 7 heteroatoms. The van der Waals surface area contributed by atoms with Crippen LogP contribution in [0.25, 0.3) is 0 Å². The van der Waals surface area contributed by atoms with Gasteiger partial charge >= 0.3 is 11.9 Å². The normalized spacial score (nSPS) is 12.3. The zero-order valence-corrected chi connectivity index (χ0v) is 14.3. The number of hydrogen-bond donors (Lipinski definition) is 0. The highest BCUT2D eigenvalue weighted by Gasteiger charge is 2.27. The number of carbonyl (C=O) groups excluding carboxylic acids is 2. The average Bonchev–Trinajstić information content (AvgIpc) is 2.70. The summed E-state index contributed by atoms with van der Waals surface area (Å²) in [5.41, 5.74) is 0.545. The maximum atomic E-state index is 12.0. The van der Waals surface area contributed by atoms with Crippen molar-refractivity contribution in [3.8, 4) is 0 Å². The second-order valence-corrected chi connectivity index (χ2v) is 5.68. The van der Waals surface area contributed by atoms with Gasteiger partial charge in [0.25, 0.3) is 0 Å². The molecule has 0 amide bonds. The second kappa shape index (κ2) is 8.17. The van der Waals surface area contributed by atoms with Crippen LogP contribution in [0.3, 0.4) is 0 Å².